The molecule has 0 saturated heterocycles. The van der Waals surface area contributed by atoms with Gasteiger partial charge in [-0.2, -0.15) is 0 Å². The molecule has 0 amide bonds. The fourth-order valence-corrected chi connectivity index (χ4v) is 1.68. The maximum atomic E-state index is 5.91. The number of hydrogen-bond acceptors (Lipinski definition) is 1. The van der Waals surface area contributed by atoms with Crippen LogP contribution in [0, 0.1) is 0 Å². The van der Waals surface area contributed by atoms with Crippen molar-refractivity contribution in [3.05, 3.63) is 47.2 Å². The van der Waals surface area contributed by atoms with E-state index in [0.717, 1.165) is 28.7 Å². The molecule has 2 N–H and O–H groups in total. The van der Waals surface area contributed by atoms with Crippen molar-refractivity contribution in [3.63, 3.8) is 0 Å². The highest BCUT2D eigenvalue weighted by atomic mass is 35.5. The lowest BCUT2D eigenvalue weighted by atomic mass is 10.2. The summed E-state index contributed by atoms with van der Waals surface area (Å²) in [7, 11) is 2.02. The Balaban J connectivity index is 2.29. The molecule has 0 atom stereocenters. The molecule has 2 nitrogen and oxygen atoms in total. The Morgan fingerprint density at radius 3 is 2.87 bits per heavy atom. The Labute approximate surface area is 93.9 Å². The summed E-state index contributed by atoms with van der Waals surface area (Å²) in [5, 5.41) is 2.80. The second-order valence-corrected chi connectivity index (χ2v) is 3.83. The van der Waals surface area contributed by atoms with Gasteiger partial charge in [0.25, 0.3) is 0 Å². The van der Waals surface area contributed by atoms with Gasteiger partial charge in [-0.25, -0.2) is 0 Å². The molecule has 0 aliphatic rings. The third-order valence-corrected chi connectivity index (χ3v) is 2.41. The Morgan fingerprint density at radius 2 is 2.13 bits per heavy atom. The van der Waals surface area contributed by atoms with E-state index >= 15 is 0 Å². The van der Waals surface area contributed by atoms with Crippen LogP contribution in [0.2, 0.25) is 5.02 Å². The molecule has 0 unspecified atom stereocenters. The molecular formula is C12H13ClNO+. The maximum absolute atomic E-state index is 5.91. The molecular weight excluding hydrogens is 210 g/mol. The predicted octanol–water partition coefficient (Wildman–Crippen LogP) is 2.29. The van der Waals surface area contributed by atoms with E-state index in [9.17, 15) is 0 Å². The van der Waals surface area contributed by atoms with Crippen LogP contribution in [0.3, 0.4) is 0 Å². The fraction of sp³-hybridized carbons (Fsp3) is 0.167. The maximum Gasteiger partial charge on any atom is 0.158 e. The molecule has 0 fully saturated rings. The van der Waals surface area contributed by atoms with E-state index in [4.69, 9.17) is 16.0 Å². The van der Waals surface area contributed by atoms with Crippen LogP contribution in [-0.4, -0.2) is 7.05 Å². The quantitative estimate of drug-likeness (QED) is 0.849. The molecule has 0 spiro atoms. The molecule has 1 heterocycles. The van der Waals surface area contributed by atoms with Crippen LogP contribution in [0.4, 0.5) is 0 Å². The molecule has 2 rings (SSSR count). The van der Waals surface area contributed by atoms with Crippen LogP contribution in [0.1, 0.15) is 5.76 Å². The van der Waals surface area contributed by atoms with E-state index < -0.39 is 0 Å². The monoisotopic (exact) mass is 222 g/mol. The van der Waals surface area contributed by atoms with Crippen molar-refractivity contribution >= 4 is 11.6 Å². The molecule has 15 heavy (non-hydrogen) atoms. The van der Waals surface area contributed by atoms with Gasteiger partial charge in [0.1, 0.15) is 12.3 Å². The number of halogens is 1. The van der Waals surface area contributed by atoms with Crippen LogP contribution in [-0.2, 0) is 6.54 Å². The highest BCUT2D eigenvalue weighted by Crippen LogP contribution is 2.24. The molecule has 0 radical (unpaired) electrons. The number of furan rings is 1. The molecule has 1 aromatic carbocycles. The normalized spacial score (nSPS) is 10.5. The Morgan fingerprint density at radius 1 is 1.27 bits per heavy atom. The Kier molecular flexibility index (Phi) is 3.09. The SMILES string of the molecule is C[NH2+]Cc1ccc(-c2cccc(Cl)c2)o1. The van der Waals surface area contributed by atoms with Gasteiger partial charge in [-0.15, -0.1) is 0 Å². The largest absolute Gasteiger partial charge is 0.455 e. The van der Waals surface area contributed by atoms with Gasteiger partial charge in [-0.1, -0.05) is 23.7 Å². The summed E-state index contributed by atoms with van der Waals surface area (Å²) in [6.45, 7) is 0.862. The van der Waals surface area contributed by atoms with Gasteiger partial charge < -0.3 is 9.73 Å². The third-order valence-electron chi connectivity index (χ3n) is 2.18. The molecule has 0 bridgehead atoms. The van der Waals surface area contributed by atoms with Crippen LogP contribution < -0.4 is 5.32 Å². The Hall–Kier alpha value is -1.25. The van der Waals surface area contributed by atoms with Gasteiger partial charge in [0, 0.05) is 10.6 Å². The minimum atomic E-state index is 0.729. The van der Waals surface area contributed by atoms with Crippen molar-refractivity contribution < 1.29 is 9.73 Å². The average molecular weight is 223 g/mol. The van der Waals surface area contributed by atoms with Crippen molar-refractivity contribution in [3.8, 4) is 11.3 Å². The zero-order valence-electron chi connectivity index (χ0n) is 8.53. The first-order valence-electron chi connectivity index (χ1n) is 4.92. The Bertz CT molecular complexity index is 450. The highest BCUT2D eigenvalue weighted by molar-refractivity contribution is 6.30. The lowest BCUT2D eigenvalue weighted by Gasteiger charge is -1.97. The van der Waals surface area contributed by atoms with Gasteiger partial charge in [0.2, 0.25) is 0 Å². The van der Waals surface area contributed by atoms with E-state index in [1.807, 2.05) is 43.4 Å². The van der Waals surface area contributed by atoms with Crippen LogP contribution in [0.25, 0.3) is 11.3 Å². The minimum absolute atomic E-state index is 0.729. The van der Waals surface area contributed by atoms with Gasteiger partial charge >= 0.3 is 0 Å². The standard InChI is InChI=1S/C12H12ClNO/c1-14-8-11-5-6-12(15-11)9-3-2-4-10(13)7-9/h2-7,14H,8H2,1H3/p+1. The van der Waals surface area contributed by atoms with E-state index in [-0.39, 0.29) is 0 Å². The number of quaternary nitrogens is 1. The summed E-state index contributed by atoms with van der Waals surface area (Å²) in [5.74, 6) is 1.85. The first-order chi connectivity index (χ1) is 7.29. The lowest BCUT2D eigenvalue weighted by Crippen LogP contribution is -2.77. The van der Waals surface area contributed by atoms with Crippen molar-refractivity contribution in [2.75, 3.05) is 7.05 Å². The zero-order chi connectivity index (χ0) is 10.7. The highest BCUT2D eigenvalue weighted by Gasteiger charge is 2.05. The van der Waals surface area contributed by atoms with Crippen LogP contribution in [0.15, 0.2) is 40.8 Å². The summed E-state index contributed by atoms with van der Waals surface area (Å²) < 4.78 is 5.68. The molecule has 0 aliphatic carbocycles. The molecule has 0 aliphatic heterocycles. The van der Waals surface area contributed by atoms with E-state index in [1.54, 1.807) is 0 Å². The summed E-state index contributed by atoms with van der Waals surface area (Å²) in [5.41, 5.74) is 1.02. The van der Waals surface area contributed by atoms with Crippen molar-refractivity contribution in [2.24, 2.45) is 0 Å². The molecule has 2 aromatic rings. The zero-order valence-corrected chi connectivity index (χ0v) is 9.29. The number of benzene rings is 1. The number of rotatable bonds is 3. The van der Waals surface area contributed by atoms with Crippen LogP contribution in [0.5, 0.6) is 0 Å². The topological polar surface area (TPSA) is 29.8 Å². The molecule has 78 valence electrons. The van der Waals surface area contributed by atoms with Gasteiger partial charge in [0.15, 0.2) is 5.76 Å². The van der Waals surface area contributed by atoms with Crippen LogP contribution >= 0.6 is 11.6 Å². The summed E-state index contributed by atoms with van der Waals surface area (Å²) in [6.07, 6.45) is 0. The average Bonchev–Trinajstić information content (AvgIpc) is 2.67. The minimum Gasteiger partial charge on any atom is -0.455 e. The molecule has 3 heteroatoms. The summed E-state index contributed by atoms with van der Waals surface area (Å²) >= 11 is 5.91. The fourth-order valence-electron chi connectivity index (χ4n) is 1.49. The van der Waals surface area contributed by atoms with E-state index in [2.05, 4.69) is 5.32 Å². The predicted molar refractivity (Wildman–Crippen MR) is 60.7 cm³/mol. The first-order valence-corrected chi connectivity index (χ1v) is 5.30. The van der Waals surface area contributed by atoms with Gasteiger partial charge in [-0.3, -0.25) is 0 Å². The number of nitrogens with two attached hydrogens (primary N) is 1. The molecule has 0 saturated carbocycles. The lowest BCUT2D eigenvalue weighted by molar-refractivity contribution is -0.645. The molecule has 1 aromatic heterocycles. The summed E-state index contributed by atoms with van der Waals surface area (Å²) in [6, 6.07) is 11.6. The smallest absolute Gasteiger partial charge is 0.158 e. The van der Waals surface area contributed by atoms with Gasteiger partial charge in [0.05, 0.1) is 7.05 Å². The van der Waals surface area contributed by atoms with Crippen molar-refractivity contribution in [1.82, 2.24) is 0 Å². The number of hydrogen-bond donors (Lipinski definition) is 1. The second kappa shape index (κ2) is 4.51. The van der Waals surface area contributed by atoms with E-state index in [1.165, 1.54) is 0 Å². The van der Waals surface area contributed by atoms with E-state index in [0.29, 0.717) is 0 Å². The van der Waals surface area contributed by atoms with Crippen molar-refractivity contribution in [1.29, 1.82) is 0 Å². The first kappa shape index (κ1) is 10.3. The van der Waals surface area contributed by atoms with Crippen molar-refractivity contribution in [2.45, 2.75) is 6.54 Å². The second-order valence-electron chi connectivity index (χ2n) is 3.39. The summed E-state index contributed by atoms with van der Waals surface area (Å²) in [4.78, 5) is 0. The van der Waals surface area contributed by atoms with Gasteiger partial charge in [-0.05, 0) is 24.3 Å². The third kappa shape index (κ3) is 2.41.